The molecule has 3 aromatic rings. The minimum absolute atomic E-state index is 0.184. The van der Waals surface area contributed by atoms with Crippen LogP contribution >= 0.6 is 0 Å². The summed E-state index contributed by atoms with van der Waals surface area (Å²) in [5.74, 6) is -3.74. The van der Waals surface area contributed by atoms with Crippen LogP contribution in [-0.2, 0) is 9.53 Å². The molecular weight excluding hydrogens is 380 g/mol. The van der Waals surface area contributed by atoms with E-state index in [0.717, 1.165) is 29.4 Å². The molecule has 0 spiro atoms. The first-order valence-electron chi connectivity index (χ1n) is 8.81. The Kier molecular flexibility index (Phi) is 5.72. The fourth-order valence-corrected chi connectivity index (χ4v) is 2.77. The molecule has 1 N–H and O–H groups in total. The number of ether oxygens (including phenoxy) is 1. The predicted molar refractivity (Wildman–Crippen MR) is 103 cm³/mol. The Hall–Kier alpha value is -3.55. The summed E-state index contributed by atoms with van der Waals surface area (Å²) < 4.78 is 32.7. The molecule has 2 aromatic carbocycles. The third kappa shape index (κ3) is 4.48. The van der Waals surface area contributed by atoms with Crippen molar-refractivity contribution in [3.05, 3.63) is 76.6 Å². The molecule has 1 heterocycles. The van der Waals surface area contributed by atoms with E-state index >= 15 is 0 Å². The molecule has 0 saturated carbocycles. The Bertz CT molecular complexity index is 1080. The standard InChI is InChI=1S/C21H19F2N3O3/c1-12-4-7-16(8-5-12)26-14(3)20(13(2)25-26)24-19(27)11-29-21(28)15-6-9-17(22)18(23)10-15/h4-10H,11H2,1-3H3,(H,24,27). The van der Waals surface area contributed by atoms with Gasteiger partial charge in [-0.1, -0.05) is 17.7 Å². The molecule has 0 unspecified atom stereocenters. The maximum Gasteiger partial charge on any atom is 0.338 e. The van der Waals surface area contributed by atoms with E-state index in [1.165, 1.54) is 0 Å². The second-order valence-electron chi connectivity index (χ2n) is 6.55. The molecule has 8 heteroatoms. The highest BCUT2D eigenvalue weighted by Gasteiger charge is 2.17. The van der Waals surface area contributed by atoms with Crippen LogP contribution in [0.4, 0.5) is 14.5 Å². The SMILES string of the molecule is Cc1ccc(-n2nc(C)c(NC(=O)COC(=O)c3ccc(F)c(F)c3)c2C)cc1. The molecule has 150 valence electrons. The molecule has 1 aromatic heterocycles. The number of nitrogens with one attached hydrogen (secondary N) is 1. The van der Waals surface area contributed by atoms with Gasteiger partial charge in [0, 0.05) is 0 Å². The summed E-state index contributed by atoms with van der Waals surface area (Å²) >= 11 is 0. The van der Waals surface area contributed by atoms with Gasteiger partial charge in [0.25, 0.3) is 5.91 Å². The fraction of sp³-hybridized carbons (Fsp3) is 0.190. The number of carbonyl (C=O) groups is 2. The molecule has 0 aliphatic heterocycles. The van der Waals surface area contributed by atoms with Crippen molar-refractivity contribution in [1.29, 1.82) is 0 Å². The average Bonchev–Trinajstić information content (AvgIpc) is 2.97. The number of aryl methyl sites for hydroxylation is 2. The van der Waals surface area contributed by atoms with Gasteiger partial charge in [0.05, 0.1) is 28.3 Å². The van der Waals surface area contributed by atoms with Crippen LogP contribution < -0.4 is 5.32 Å². The summed E-state index contributed by atoms with van der Waals surface area (Å²) in [6, 6.07) is 10.4. The highest BCUT2D eigenvalue weighted by Crippen LogP contribution is 2.23. The van der Waals surface area contributed by atoms with Gasteiger partial charge in [0.15, 0.2) is 18.2 Å². The molecule has 0 saturated heterocycles. The van der Waals surface area contributed by atoms with E-state index in [1.807, 2.05) is 38.1 Å². The summed E-state index contributed by atoms with van der Waals surface area (Å²) in [6.45, 7) is 4.97. The number of aromatic nitrogens is 2. The molecule has 3 rings (SSSR count). The van der Waals surface area contributed by atoms with Crippen molar-refractivity contribution in [2.75, 3.05) is 11.9 Å². The van der Waals surface area contributed by atoms with Crippen LogP contribution in [-0.4, -0.2) is 28.3 Å². The van der Waals surface area contributed by atoms with E-state index in [2.05, 4.69) is 10.4 Å². The van der Waals surface area contributed by atoms with Crippen LogP contribution in [0.25, 0.3) is 5.69 Å². The monoisotopic (exact) mass is 399 g/mol. The van der Waals surface area contributed by atoms with E-state index in [1.54, 1.807) is 11.6 Å². The van der Waals surface area contributed by atoms with Crippen molar-refractivity contribution in [1.82, 2.24) is 9.78 Å². The van der Waals surface area contributed by atoms with E-state index in [-0.39, 0.29) is 5.56 Å². The molecule has 0 aliphatic rings. The molecule has 6 nitrogen and oxygen atoms in total. The zero-order valence-electron chi connectivity index (χ0n) is 16.1. The zero-order chi connectivity index (χ0) is 21.1. The second-order valence-corrected chi connectivity index (χ2v) is 6.55. The molecule has 0 bridgehead atoms. The van der Waals surface area contributed by atoms with Gasteiger partial charge in [0.2, 0.25) is 0 Å². The van der Waals surface area contributed by atoms with Crippen LogP contribution in [0.15, 0.2) is 42.5 Å². The highest BCUT2D eigenvalue weighted by atomic mass is 19.2. The van der Waals surface area contributed by atoms with Crippen LogP contribution in [0.1, 0.15) is 27.3 Å². The van der Waals surface area contributed by atoms with Gasteiger partial charge in [0.1, 0.15) is 0 Å². The second kappa shape index (κ2) is 8.22. The maximum atomic E-state index is 13.2. The van der Waals surface area contributed by atoms with Crippen LogP contribution in [0.3, 0.4) is 0 Å². The number of hydrogen-bond donors (Lipinski definition) is 1. The van der Waals surface area contributed by atoms with Crippen molar-refractivity contribution in [3.63, 3.8) is 0 Å². The van der Waals surface area contributed by atoms with Gasteiger partial charge in [-0.2, -0.15) is 5.10 Å². The van der Waals surface area contributed by atoms with Crippen molar-refractivity contribution in [2.24, 2.45) is 0 Å². The number of carbonyl (C=O) groups excluding carboxylic acids is 2. The largest absolute Gasteiger partial charge is 0.452 e. The van der Waals surface area contributed by atoms with Gasteiger partial charge in [-0.3, -0.25) is 4.79 Å². The number of amides is 1. The quantitative estimate of drug-likeness (QED) is 0.661. The Labute approximate surface area is 166 Å². The normalized spacial score (nSPS) is 10.7. The summed E-state index contributed by atoms with van der Waals surface area (Å²) in [6.07, 6.45) is 0. The number of halogens is 2. The lowest BCUT2D eigenvalue weighted by Gasteiger charge is -2.08. The number of rotatable bonds is 5. The average molecular weight is 399 g/mol. The van der Waals surface area contributed by atoms with Crippen molar-refractivity contribution in [2.45, 2.75) is 20.8 Å². The Morgan fingerprint density at radius 3 is 2.38 bits per heavy atom. The van der Waals surface area contributed by atoms with E-state index < -0.39 is 30.1 Å². The van der Waals surface area contributed by atoms with Crippen LogP contribution in [0, 0.1) is 32.4 Å². The van der Waals surface area contributed by atoms with E-state index in [0.29, 0.717) is 17.1 Å². The zero-order valence-corrected chi connectivity index (χ0v) is 16.1. The number of benzene rings is 2. The Morgan fingerprint density at radius 2 is 1.72 bits per heavy atom. The summed E-state index contributed by atoms with van der Waals surface area (Å²) in [7, 11) is 0. The number of hydrogen-bond acceptors (Lipinski definition) is 4. The van der Waals surface area contributed by atoms with Gasteiger partial charge < -0.3 is 10.1 Å². The first-order chi connectivity index (χ1) is 13.8. The lowest BCUT2D eigenvalue weighted by atomic mass is 10.2. The Balaban J connectivity index is 1.67. The molecule has 0 fully saturated rings. The fourth-order valence-electron chi connectivity index (χ4n) is 2.77. The third-order valence-corrected chi connectivity index (χ3v) is 4.32. The van der Waals surface area contributed by atoms with Crippen LogP contribution in [0.5, 0.6) is 0 Å². The number of anilines is 1. The molecular formula is C21H19F2N3O3. The molecule has 0 atom stereocenters. The molecule has 0 aliphatic carbocycles. The molecule has 1 amide bonds. The summed E-state index contributed by atoms with van der Waals surface area (Å²) in [4.78, 5) is 24.1. The van der Waals surface area contributed by atoms with Crippen molar-refractivity contribution < 1.29 is 23.1 Å². The number of nitrogens with zero attached hydrogens (tertiary/aromatic N) is 2. The van der Waals surface area contributed by atoms with Crippen molar-refractivity contribution >= 4 is 17.6 Å². The molecule has 0 radical (unpaired) electrons. The van der Waals surface area contributed by atoms with Gasteiger partial charge in [-0.05, 0) is 51.1 Å². The number of esters is 1. The predicted octanol–water partition coefficient (Wildman–Crippen LogP) is 3.87. The van der Waals surface area contributed by atoms with Gasteiger partial charge >= 0.3 is 5.97 Å². The minimum atomic E-state index is -1.17. The van der Waals surface area contributed by atoms with Crippen molar-refractivity contribution in [3.8, 4) is 5.69 Å². The summed E-state index contributed by atoms with van der Waals surface area (Å²) in [5.41, 5.74) is 3.61. The topological polar surface area (TPSA) is 73.2 Å². The highest BCUT2D eigenvalue weighted by molar-refractivity contribution is 5.96. The lowest BCUT2D eigenvalue weighted by Crippen LogP contribution is -2.21. The maximum absolute atomic E-state index is 13.2. The lowest BCUT2D eigenvalue weighted by molar-refractivity contribution is -0.119. The van der Waals surface area contributed by atoms with E-state index in [9.17, 15) is 18.4 Å². The first kappa shape index (κ1) is 20.2. The van der Waals surface area contributed by atoms with Crippen LogP contribution in [0.2, 0.25) is 0 Å². The minimum Gasteiger partial charge on any atom is -0.452 e. The van der Waals surface area contributed by atoms with E-state index in [4.69, 9.17) is 4.74 Å². The van der Waals surface area contributed by atoms with Gasteiger partial charge in [-0.25, -0.2) is 18.3 Å². The first-order valence-corrected chi connectivity index (χ1v) is 8.81. The Morgan fingerprint density at radius 1 is 1.03 bits per heavy atom. The third-order valence-electron chi connectivity index (χ3n) is 4.32. The summed E-state index contributed by atoms with van der Waals surface area (Å²) in [5, 5.41) is 7.11. The van der Waals surface area contributed by atoms with Gasteiger partial charge in [-0.15, -0.1) is 0 Å². The smallest absolute Gasteiger partial charge is 0.338 e. The molecule has 29 heavy (non-hydrogen) atoms.